The number of allylic oxidation sites excluding steroid dienone is 9. The van der Waals surface area contributed by atoms with Gasteiger partial charge in [0.05, 0.1) is 33.8 Å². The van der Waals surface area contributed by atoms with E-state index >= 15 is 0 Å². The van der Waals surface area contributed by atoms with Gasteiger partial charge in [-0.05, 0) is 96.0 Å². The fraction of sp³-hybridized carbons (Fsp3) is 0.829. The second kappa shape index (κ2) is 59.9. The van der Waals surface area contributed by atoms with Gasteiger partial charge in [-0.2, -0.15) is 0 Å². The Hall–Kier alpha value is -2.29. The van der Waals surface area contributed by atoms with Crippen molar-refractivity contribution in [3.8, 4) is 0 Å². The van der Waals surface area contributed by atoms with Crippen molar-refractivity contribution in [1.29, 1.82) is 0 Å². The Balaban J connectivity index is 5.12. The van der Waals surface area contributed by atoms with Gasteiger partial charge in [-0.3, -0.25) is 18.6 Å². The lowest BCUT2D eigenvalue weighted by Crippen LogP contribution is -2.47. The number of rotatable bonds is 62. The molecular weight excluding hydrogens is 1010 g/mol. The highest BCUT2D eigenvalue weighted by atomic mass is 31.2. The summed E-state index contributed by atoms with van der Waals surface area (Å²) in [6, 6.07) is -0.851. The summed E-state index contributed by atoms with van der Waals surface area (Å²) in [6.45, 7) is 6.99. The number of carbonyl (C=O) groups excluding carboxylic acids is 2. The van der Waals surface area contributed by atoms with Crippen LogP contribution in [-0.4, -0.2) is 74.3 Å². The van der Waals surface area contributed by atoms with E-state index in [9.17, 15) is 19.0 Å². The minimum atomic E-state index is -4.45. The molecule has 3 unspecified atom stereocenters. The maximum atomic E-state index is 13.6. The first-order valence-corrected chi connectivity index (χ1v) is 35.6. The van der Waals surface area contributed by atoms with Crippen LogP contribution in [-0.2, 0) is 27.9 Å². The molecule has 0 saturated carbocycles. The van der Waals surface area contributed by atoms with Crippen LogP contribution in [0.4, 0.5) is 0 Å². The molecule has 0 spiro atoms. The summed E-state index contributed by atoms with van der Waals surface area (Å²) in [5.74, 6) is -0.501. The Morgan fingerprint density at radius 2 is 0.762 bits per heavy atom. The number of unbranched alkanes of at least 4 members (excludes halogenated alkanes) is 38. The van der Waals surface area contributed by atoms with Crippen LogP contribution in [0.2, 0.25) is 0 Å². The van der Waals surface area contributed by atoms with Crippen molar-refractivity contribution in [3.63, 3.8) is 0 Å². The second-order valence-corrected chi connectivity index (χ2v) is 25.8. The maximum absolute atomic E-state index is 13.6. The lowest BCUT2D eigenvalue weighted by Gasteiger charge is -2.27. The van der Waals surface area contributed by atoms with Crippen molar-refractivity contribution < 1.29 is 37.3 Å². The predicted molar refractivity (Wildman–Crippen MR) is 346 cm³/mol. The standard InChI is InChI=1S/C70H131N2O7P/c1-7-10-13-16-19-22-25-28-30-32-34-35-36-37-39-40-42-44-47-50-53-56-59-62-69(73)71-67(66-78-80(75,76)77-65-64-72(4,5)6)68(61-58-55-52-49-46-27-24-21-18-15-12-9-3)79-70(74)63-60-57-54-51-48-45-43-41-38-33-31-29-26-23-20-17-14-11-8-2/h19-20,22-23,28-31,58,61,67-68H,7-18,21,24-27,32-57,59-60,62-66H2,1-6H3,(H-,71,73,75,76)/p+1/b22-19-,23-20-,30-28-,31-29-,61-58-. The van der Waals surface area contributed by atoms with E-state index in [1.807, 2.05) is 33.3 Å². The molecule has 10 heteroatoms. The van der Waals surface area contributed by atoms with Crippen LogP contribution in [0, 0.1) is 0 Å². The molecule has 9 nitrogen and oxygen atoms in total. The minimum absolute atomic E-state index is 0.0393. The number of carbonyl (C=O) groups is 2. The number of phosphoric ester groups is 1. The van der Waals surface area contributed by atoms with Crippen LogP contribution >= 0.6 is 7.82 Å². The van der Waals surface area contributed by atoms with E-state index in [4.69, 9.17) is 13.8 Å². The topological polar surface area (TPSA) is 111 Å². The third-order valence-corrected chi connectivity index (χ3v) is 16.2. The zero-order chi connectivity index (χ0) is 58.6. The van der Waals surface area contributed by atoms with Crippen molar-refractivity contribution in [2.45, 2.75) is 335 Å². The molecule has 3 atom stereocenters. The number of hydrogen-bond donors (Lipinski definition) is 2. The number of amides is 1. The normalized spacial score (nSPS) is 13.9. The maximum Gasteiger partial charge on any atom is 0.472 e. The molecule has 0 aromatic rings. The first-order valence-electron chi connectivity index (χ1n) is 34.1. The molecular formula is C70H132N2O7P+. The van der Waals surface area contributed by atoms with Crippen molar-refractivity contribution in [2.24, 2.45) is 0 Å². The summed E-state index contributed by atoms with van der Waals surface area (Å²) in [5, 5.41) is 3.07. The van der Waals surface area contributed by atoms with Crippen LogP contribution in [0.15, 0.2) is 60.8 Å². The molecule has 80 heavy (non-hydrogen) atoms. The Morgan fingerprint density at radius 1 is 0.438 bits per heavy atom. The van der Waals surface area contributed by atoms with Crippen molar-refractivity contribution in [2.75, 3.05) is 40.9 Å². The van der Waals surface area contributed by atoms with Gasteiger partial charge in [0.25, 0.3) is 0 Å². The number of nitrogens with one attached hydrogen (secondary N) is 1. The highest BCUT2D eigenvalue weighted by Crippen LogP contribution is 2.43. The molecule has 0 aliphatic carbocycles. The third kappa shape index (κ3) is 60.3. The lowest BCUT2D eigenvalue weighted by molar-refractivity contribution is -0.870. The minimum Gasteiger partial charge on any atom is -0.456 e. The molecule has 0 rings (SSSR count). The van der Waals surface area contributed by atoms with Crippen LogP contribution in [0.3, 0.4) is 0 Å². The number of nitrogens with zero attached hydrogens (tertiary/aromatic N) is 1. The SMILES string of the molecule is CCCCC/C=C\C/C=C\CCCCCCCCCCCCCCCC(=O)NC(COP(=O)(O)OCC[N+](C)(C)C)C(/C=C\CCCCCCCCCCCC)OC(=O)CCCCCCCCCCC/C=C\C/C=C\CCCCC. The molecule has 2 N–H and O–H groups in total. The quantitative estimate of drug-likeness (QED) is 0.0205. The molecule has 0 radical (unpaired) electrons. The molecule has 0 aromatic heterocycles. The van der Waals surface area contributed by atoms with E-state index in [2.05, 4.69) is 74.7 Å². The van der Waals surface area contributed by atoms with Crippen LogP contribution in [0.5, 0.6) is 0 Å². The number of quaternary nitrogens is 1. The first-order chi connectivity index (χ1) is 38.9. The predicted octanol–water partition coefficient (Wildman–Crippen LogP) is 21.4. The van der Waals surface area contributed by atoms with Crippen LogP contribution in [0.1, 0.15) is 323 Å². The van der Waals surface area contributed by atoms with Gasteiger partial charge < -0.3 is 19.4 Å². The number of esters is 1. The second-order valence-electron chi connectivity index (χ2n) is 24.3. The summed E-state index contributed by atoms with van der Waals surface area (Å²) in [6.07, 6.45) is 76.5. The number of likely N-dealkylation sites (N-methyl/N-ethyl adjacent to an activating group) is 1. The van der Waals surface area contributed by atoms with Crippen LogP contribution < -0.4 is 5.32 Å². The summed E-state index contributed by atoms with van der Waals surface area (Å²) >= 11 is 0. The number of ether oxygens (including phenoxy) is 1. The molecule has 0 aromatic carbocycles. The fourth-order valence-electron chi connectivity index (χ4n) is 9.88. The molecule has 468 valence electrons. The zero-order valence-electron chi connectivity index (χ0n) is 53.6. The Kier molecular flexibility index (Phi) is 58.1. The Labute approximate surface area is 496 Å². The average Bonchev–Trinajstić information content (AvgIpc) is 3.42. The number of hydrogen-bond acceptors (Lipinski definition) is 6. The van der Waals surface area contributed by atoms with Crippen LogP contribution in [0.25, 0.3) is 0 Å². The molecule has 0 saturated heterocycles. The smallest absolute Gasteiger partial charge is 0.456 e. The molecule has 0 bridgehead atoms. The highest BCUT2D eigenvalue weighted by Gasteiger charge is 2.30. The van der Waals surface area contributed by atoms with Gasteiger partial charge >= 0.3 is 13.8 Å². The van der Waals surface area contributed by atoms with Gasteiger partial charge in [-0.1, -0.05) is 275 Å². The van der Waals surface area contributed by atoms with E-state index < -0.39 is 20.0 Å². The Morgan fingerprint density at radius 3 is 1.15 bits per heavy atom. The van der Waals surface area contributed by atoms with Gasteiger partial charge in [-0.15, -0.1) is 0 Å². The largest absolute Gasteiger partial charge is 0.472 e. The monoisotopic (exact) mass is 1140 g/mol. The van der Waals surface area contributed by atoms with Gasteiger partial charge in [0.2, 0.25) is 5.91 Å². The lowest BCUT2D eigenvalue weighted by atomic mass is 10.0. The fourth-order valence-corrected chi connectivity index (χ4v) is 10.6. The molecule has 1 amide bonds. The molecule has 0 fully saturated rings. The average molecular weight is 1140 g/mol. The third-order valence-electron chi connectivity index (χ3n) is 15.2. The molecule has 0 aliphatic heterocycles. The highest BCUT2D eigenvalue weighted by molar-refractivity contribution is 7.47. The number of phosphoric acid groups is 1. The Bertz CT molecular complexity index is 1550. The molecule has 0 aliphatic rings. The summed E-state index contributed by atoms with van der Waals surface area (Å²) in [4.78, 5) is 37.8. The van der Waals surface area contributed by atoms with Crippen molar-refractivity contribution in [3.05, 3.63) is 60.8 Å². The van der Waals surface area contributed by atoms with E-state index in [1.54, 1.807) is 0 Å². The van der Waals surface area contributed by atoms with Gasteiger partial charge in [0.15, 0.2) is 0 Å². The summed E-state index contributed by atoms with van der Waals surface area (Å²) in [7, 11) is 1.50. The van der Waals surface area contributed by atoms with E-state index in [0.29, 0.717) is 17.4 Å². The zero-order valence-corrected chi connectivity index (χ0v) is 54.5. The van der Waals surface area contributed by atoms with Gasteiger partial charge in [-0.25, -0.2) is 4.57 Å². The van der Waals surface area contributed by atoms with Crippen molar-refractivity contribution in [1.82, 2.24) is 5.32 Å². The molecule has 0 heterocycles. The van der Waals surface area contributed by atoms with E-state index in [0.717, 1.165) is 70.6 Å². The van der Waals surface area contributed by atoms with E-state index in [1.165, 1.54) is 218 Å². The van der Waals surface area contributed by atoms with Gasteiger partial charge in [0.1, 0.15) is 19.3 Å². The van der Waals surface area contributed by atoms with E-state index in [-0.39, 0.29) is 31.5 Å². The first kappa shape index (κ1) is 77.7. The summed E-state index contributed by atoms with van der Waals surface area (Å²) < 4.78 is 30.8. The van der Waals surface area contributed by atoms with Crippen molar-refractivity contribution >= 4 is 19.7 Å². The van der Waals surface area contributed by atoms with Gasteiger partial charge in [0, 0.05) is 12.8 Å². The summed E-state index contributed by atoms with van der Waals surface area (Å²) in [5.41, 5.74) is 0.